The minimum atomic E-state index is -1.36. The Balaban J connectivity index is 1.69. The van der Waals surface area contributed by atoms with Gasteiger partial charge in [-0.05, 0) is 48.9 Å². The van der Waals surface area contributed by atoms with E-state index in [1.165, 1.54) is 12.1 Å². The number of carbonyl (C=O) groups excluding carboxylic acids is 1. The molecule has 0 aliphatic rings. The van der Waals surface area contributed by atoms with Crippen molar-refractivity contribution in [2.45, 2.75) is 18.9 Å². The zero-order valence-corrected chi connectivity index (χ0v) is 16.8. The second kappa shape index (κ2) is 7.85. The Labute approximate surface area is 177 Å². The van der Waals surface area contributed by atoms with Crippen LogP contribution in [0.25, 0.3) is 16.9 Å². The van der Waals surface area contributed by atoms with Gasteiger partial charge in [-0.2, -0.15) is 0 Å². The molecule has 6 nitrogen and oxygen atoms in total. The van der Waals surface area contributed by atoms with Crippen molar-refractivity contribution in [3.05, 3.63) is 83.3 Å². The van der Waals surface area contributed by atoms with Crippen LogP contribution in [0.1, 0.15) is 18.9 Å². The van der Waals surface area contributed by atoms with Gasteiger partial charge in [0.15, 0.2) is 5.65 Å². The van der Waals surface area contributed by atoms with Crippen LogP contribution in [-0.2, 0) is 10.4 Å². The molecule has 152 valence electrons. The summed E-state index contributed by atoms with van der Waals surface area (Å²) in [5.74, 6) is -0.632. The molecule has 0 saturated carbocycles. The number of aliphatic hydroxyl groups is 1. The molecule has 30 heavy (non-hydrogen) atoms. The Hall–Kier alpha value is -3.29. The lowest BCUT2D eigenvalue weighted by molar-refractivity contribution is -0.120. The fourth-order valence-electron chi connectivity index (χ4n) is 3.23. The molecule has 0 unspecified atom stereocenters. The van der Waals surface area contributed by atoms with Crippen molar-refractivity contribution in [1.82, 2.24) is 14.5 Å². The fourth-order valence-corrected chi connectivity index (χ4v) is 3.38. The number of anilines is 1. The lowest BCUT2D eigenvalue weighted by Crippen LogP contribution is -2.29. The van der Waals surface area contributed by atoms with Crippen LogP contribution < -0.4 is 5.32 Å². The van der Waals surface area contributed by atoms with Gasteiger partial charge in [-0.15, -0.1) is 0 Å². The van der Waals surface area contributed by atoms with E-state index in [1.54, 1.807) is 60.0 Å². The van der Waals surface area contributed by atoms with Crippen LogP contribution in [0.2, 0.25) is 5.15 Å². The second-order valence-electron chi connectivity index (χ2n) is 7.09. The molecule has 2 aromatic heterocycles. The molecular weight excluding hydrogens is 407 g/mol. The van der Waals surface area contributed by atoms with Gasteiger partial charge in [0, 0.05) is 0 Å². The zero-order valence-electron chi connectivity index (χ0n) is 16.0. The van der Waals surface area contributed by atoms with Crippen molar-refractivity contribution >= 4 is 34.6 Å². The number of nitrogens with zero attached hydrogens (tertiary/aromatic N) is 3. The van der Waals surface area contributed by atoms with E-state index in [9.17, 15) is 14.3 Å². The molecule has 0 spiro atoms. The van der Waals surface area contributed by atoms with E-state index in [0.717, 1.165) is 0 Å². The first kappa shape index (κ1) is 20.0. The number of nitrogens with one attached hydrogen (secondary N) is 1. The molecule has 0 saturated heterocycles. The summed E-state index contributed by atoms with van der Waals surface area (Å²) < 4.78 is 15.0. The molecule has 0 aliphatic heterocycles. The average Bonchev–Trinajstić information content (AvgIpc) is 3.05. The maximum Gasteiger partial charge on any atom is 0.229 e. The van der Waals surface area contributed by atoms with Crippen molar-refractivity contribution in [2.24, 2.45) is 0 Å². The second-order valence-corrected chi connectivity index (χ2v) is 7.48. The number of carbonyl (C=O) groups is 1. The standard InChI is InChI=1S/C22H18ClFN4O2/c1-22(30,14-5-3-2-4-6-14)13-19(29)27-21-25-17-11-12-18(23)26-20(17)28(21)16-9-7-15(24)8-10-16/h2-12,30H,13H2,1H3,(H,25,27,29)/t22-/m1/s1. The molecule has 0 aliphatic carbocycles. The van der Waals surface area contributed by atoms with E-state index in [-0.39, 0.29) is 17.5 Å². The van der Waals surface area contributed by atoms with Crippen molar-refractivity contribution in [1.29, 1.82) is 0 Å². The molecule has 0 radical (unpaired) electrons. The molecule has 0 bridgehead atoms. The van der Waals surface area contributed by atoms with E-state index in [2.05, 4.69) is 15.3 Å². The molecule has 1 atom stereocenters. The molecule has 0 fully saturated rings. The predicted octanol–water partition coefficient (Wildman–Crippen LogP) is 4.45. The summed E-state index contributed by atoms with van der Waals surface area (Å²) in [6.07, 6.45) is -0.183. The van der Waals surface area contributed by atoms with E-state index >= 15 is 0 Å². The van der Waals surface area contributed by atoms with Gasteiger partial charge in [-0.3, -0.25) is 14.7 Å². The maximum atomic E-state index is 13.4. The molecule has 8 heteroatoms. The SMILES string of the molecule is C[C@@](O)(CC(=O)Nc1nc2ccc(Cl)nc2n1-c1ccc(F)cc1)c1ccccc1. The topological polar surface area (TPSA) is 80.0 Å². The van der Waals surface area contributed by atoms with Crippen LogP contribution >= 0.6 is 11.6 Å². The van der Waals surface area contributed by atoms with E-state index < -0.39 is 17.3 Å². The first-order valence-electron chi connectivity index (χ1n) is 9.22. The van der Waals surface area contributed by atoms with Crippen molar-refractivity contribution in [2.75, 3.05) is 5.32 Å². The van der Waals surface area contributed by atoms with E-state index in [1.807, 2.05) is 6.07 Å². The van der Waals surface area contributed by atoms with Crippen molar-refractivity contribution in [3.63, 3.8) is 0 Å². The van der Waals surface area contributed by atoms with Gasteiger partial charge in [-0.1, -0.05) is 41.9 Å². The third-order valence-electron chi connectivity index (χ3n) is 4.71. The first-order valence-corrected chi connectivity index (χ1v) is 9.60. The summed E-state index contributed by atoms with van der Waals surface area (Å²) in [6, 6.07) is 17.9. The number of rotatable bonds is 5. The normalized spacial score (nSPS) is 13.2. The highest BCUT2D eigenvalue weighted by Gasteiger charge is 2.27. The Bertz CT molecular complexity index is 1210. The summed E-state index contributed by atoms with van der Waals surface area (Å²) in [5, 5.41) is 13.8. The average molecular weight is 425 g/mol. The summed E-state index contributed by atoms with van der Waals surface area (Å²) >= 11 is 6.04. The highest BCUT2D eigenvalue weighted by molar-refractivity contribution is 6.29. The van der Waals surface area contributed by atoms with Crippen LogP contribution in [0.15, 0.2) is 66.7 Å². The Morgan fingerprint density at radius 3 is 2.50 bits per heavy atom. The first-order chi connectivity index (χ1) is 14.3. The van der Waals surface area contributed by atoms with E-state index in [4.69, 9.17) is 11.6 Å². The smallest absolute Gasteiger partial charge is 0.229 e. The highest BCUT2D eigenvalue weighted by Crippen LogP contribution is 2.27. The summed E-state index contributed by atoms with van der Waals surface area (Å²) in [4.78, 5) is 21.5. The number of pyridine rings is 1. The molecule has 2 aromatic carbocycles. The van der Waals surface area contributed by atoms with Crippen LogP contribution in [0.4, 0.5) is 10.3 Å². The van der Waals surface area contributed by atoms with Gasteiger partial charge >= 0.3 is 0 Å². The Morgan fingerprint density at radius 2 is 1.80 bits per heavy atom. The number of amides is 1. The quantitative estimate of drug-likeness (QED) is 0.464. The number of hydrogen-bond acceptors (Lipinski definition) is 4. The number of fused-ring (bicyclic) bond motifs is 1. The lowest BCUT2D eigenvalue weighted by Gasteiger charge is -2.23. The number of halogens is 2. The summed E-state index contributed by atoms with van der Waals surface area (Å²) in [7, 11) is 0. The van der Waals surface area contributed by atoms with Crippen LogP contribution in [0.3, 0.4) is 0 Å². The monoisotopic (exact) mass is 424 g/mol. The van der Waals surface area contributed by atoms with Gasteiger partial charge in [0.2, 0.25) is 11.9 Å². The molecular formula is C22H18ClFN4O2. The Kier molecular flexibility index (Phi) is 5.24. The third-order valence-corrected chi connectivity index (χ3v) is 4.92. The van der Waals surface area contributed by atoms with Gasteiger partial charge in [0.1, 0.15) is 16.5 Å². The molecule has 4 aromatic rings. The minimum Gasteiger partial charge on any atom is -0.385 e. The minimum absolute atomic E-state index is 0.183. The lowest BCUT2D eigenvalue weighted by atomic mass is 9.92. The highest BCUT2D eigenvalue weighted by atomic mass is 35.5. The van der Waals surface area contributed by atoms with Crippen LogP contribution in [-0.4, -0.2) is 25.5 Å². The molecule has 4 rings (SSSR count). The van der Waals surface area contributed by atoms with Gasteiger partial charge < -0.3 is 5.11 Å². The van der Waals surface area contributed by atoms with Crippen molar-refractivity contribution < 1.29 is 14.3 Å². The largest absolute Gasteiger partial charge is 0.385 e. The summed E-state index contributed by atoms with van der Waals surface area (Å²) in [5.41, 5.74) is 0.743. The van der Waals surface area contributed by atoms with Gasteiger partial charge in [0.25, 0.3) is 0 Å². The number of imidazole rings is 1. The fraction of sp³-hybridized carbons (Fsp3) is 0.136. The number of benzene rings is 2. The van der Waals surface area contributed by atoms with Gasteiger partial charge in [0.05, 0.1) is 17.7 Å². The molecule has 2 heterocycles. The van der Waals surface area contributed by atoms with Crippen molar-refractivity contribution in [3.8, 4) is 5.69 Å². The predicted molar refractivity (Wildman–Crippen MR) is 113 cm³/mol. The molecule has 2 N–H and O–H groups in total. The Morgan fingerprint density at radius 1 is 1.10 bits per heavy atom. The van der Waals surface area contributed by atoms with E-state index in [0.29, 0.717) is 22.4 Å². The number of hydrogen-bond donors (Lipinski definition) is 2. The maximum absolute atomic E-state index is 13.4. The van der Waals surface area contributed by atoms with Crippen LogP contribution in [0.5, 0.6) is 0 Å². The van der Waals surface area contributed by atoms with Crippen LogP contribution in [0, 0.1) is 5.82 Å². The molecule has 1 amide bonds. The number of aromatic nitrogens is 3. The van der Waals surface area contributed by atoms with Gasteiger partial charge in [-0.25, -0.2) is 14.4 Å². The third kappa shape index (κ3) is 4.03. The zero-order chi connectivity index (χ0) is 21.3. The summed E-state index contributed by atoms with van der Waals surface area (Å²) in [6.45, 7) is 1.58.